The lowest BCUT2D eigenvalue weighted by Gasteiger charge is -2.15. The van der Waals surface area contributed by atoms with Gasteiger partial charge in [-0.25, -0.2) is 0 Å². The second-order valence-electron chi connectivity index (χ2n) is 4.66. The summed E-state index contributed by atoms with van der Waals surface area (Å²) in [7, 11) is 0. The number of aliphatic hydroxyl groups is 2. The SMILES string of the molecule is CC(CO)NC(=O)c1ccccc1C(=O)NC(C)CO. The van der Waals surface area contributed by atoms with Crippen LogP contribution in [0.5, 0.6) is 0 Å². The number of rotatable bonds is 6. The second-order valence-corrected chi connectivity index (χ2v) is 4.66. The van der Waals surface area contributed by atoms with E-state index in [-0.39, 0.29) is 24.3 Å². The van der Waals surface area contributed by atoms with E-state index in [0.717, 1.165) is 0 Å². The van der Waals surface area contributed by atoms with Gasteiger partial charge < -0.3 is 20.8 Å². The molecule has 0 spiro atoms. The van der Waals surface area contributed by atoms with Crippen LogP contribution < -0.4 is 10.6 Å². The van der Waals surface area contributed by atoms with Crippen LogP contribution in [0.1, 0.15) is 34.6 Å². The van der Waals surface area contributed by atoms with Gasteiger partial charge in [-0.05, 0) is 26.0 Å². The van der Waals surface area contributed by atoms with Gasteiger partial charge in [0.25, 0.3) is 11.8 Å². The Labute approximate surface area is 117 Å². The number of carbonyl (C=O) groups is 2. The molecule has 2 atom stereocenters. The first-order valence-electron chi connectivity index (χ1n) is 6.42. The van der Waals surface area contributed by atoms with Crippen LogP contribution in [0.15, 0.2) is 24.3 Å². The van der Waals surface area contributed by atoms with Crippen molar-refractivity contribution in [3.63, 3.8) is 0 Å². The van der Waals surface area contributed by atoms with E-state index in [1.807, 2.05) is 0 Å². The smallest absolute Gasteiger partial charge is 0.252 e. The Balaban J connectivity index is 2.93. The molecule has 0 fully saturated rings. The molecule has 1 rings (SSSR count). The monoisotopic (exact) mass is 280 g/mol. The first-order chi connectivity index (χ1) is 9.49. The molecule has 0 saturated heterocycles. The summed E-state index contributed by atoms with van der Waals surface area (Å²) in [5.74, 6) is -0.845. The van der Waals surface area contributed by atoms with Crippen molar-refractivity contribution < 1.29 is 19.8 Å². The van der Waals surface area contributed by atoms with Gasteiger partial charge in [0.2, 0.25) is 0 Å². The highest BCUT2D eigenvalue weighted by molar-refractivity contribution is 6.07. The molecule has 6 nitrogen and oxygen atoms in total. The second kappa shape index (κ2) is 7.62. The van der Waals surface area contributed by atoms with Crippen molar-refractivity contribution in [3.8, 4) is 0 Å². The fourth-order valence-electron chi connectivity index (χ4n) is 1.57. The van der Waals surface area contributed by atoms with Crippen LogP contribution >= 0.6 is 0 Å². The number of nitrogens with one attached hydrogen (secondary N) is 2. The van der Waals surface area contributed by atoms with Crippen LogP contribution in [0, 0.1) is 0 Å². The molecule has 0 aliphatic rings. The molecule has 1 aromatic carbocycles. The van der Waals surface area contributed by atoms with Crippen LogP contribution in [0.4, 0.5) is 0 Å². The maximum absolute atomic E-state index is 12.0. The largest absolute Gasteiger partial charge is 0.394 e. The molecule has 0 aromatic heterocycles. The Morgan fingerprint density at radius 1 is 0.950 bits per heavy atom. The Kier molecular flexibility index (Phi) is 6.14. The molecule has 0 aliphatic heterocycles. The van der Waals surface area contributed by atoms with Gasteiger partial charge in [0.1, 0.15) is 0 Å². The molecular weight excluding hydrogens is 260 g/mol. The topological polar surface area (TPSA) is 98.7 Å². The normalized spacial score (nSPS) is 13.4. The third-order valence-corrected chi connectivity index (χ3v) is 2.72. The van der Waals surface area contributed by atoms with E-state index in [9.17, 15) is 9.59 Å². The average Bonchev–Trinajstić information content (AvgIpc) is 2.46. The van der Waals surface area contributed by atoms with Crippen molar-refractivity contribution in [3.05, 3.63) is 35.4 Å². The molecule has 20 heavy (non-hydrogen) atoms. The maximum atomic E-state index is 12.0. The van der Waals surface area contributed by atoms with Crippen molar-refractivity contribution in [1.82, 2.24) is 10.6 Å². The zero-order chi connectivity index (χ0) is 15.1. The molecule has 0 heterocycles. The Morgan fingerprint density at radius 2 is 1.30 bits per heavy atom. The van der Waals surface area contributed by atoms with E-state index in [1.54, 1.807) is 26.0 Å². The van der Waals surface area contributed by atoms with E-state index < -0.39 is 23.9 Å². The summed E-state index contributed by atoms with van der Waals surface area (Å²) in [6.45, 7) is 2.96. The lowest BCUT2D eigenvalue weighted by Crippen LogP contribution is -2.38. The first kappa shape index (κ1) is 16.1. The Morgan fingerprint density at radius 3 is 1.60 bits per heavy atom. The van der Waals surface area contributed by atoms with Crippen LogP contribution in [0.25, 0.3) is 0 Å². The number of hydrogen-bond donors (Lipinski definition) is 4. The minimum Gasteiger partial charge on any atom is -0.394 e. The van der Waals surface area contributed by atoms with E-state index in [4.69, 9.17) is 10.2 Å². The summed E-state index contributed by atoms with van der Waals surface area (Å²) in [4.78, 5) is 24.1. The molecule has 6 heteroatoms. The minimum absolute atomic E-state index is 0.179. The average molecular weight is 280 g/mol. The number of hydrogen-bond acceptors (Lipinski definition) is 4. The van der Waals surface area contributed by atoms with Gasteiger partial charge in [0.05, 0.1) is 24.3 Å². The molecule has 0 radical (unpaired) electrons. The van der Waals surface area contributed by atoms with E-state index in [2.05, 4.69) is 10.6 Å². The van der Waals surface area contributed by atoms with Crippen LogP contribution in [0.3, 0.4) is 0 Å². The first-order valence-corrected chi connectivity index (χ1v) is 6.42. The van der Waals surface area contributed by atoms with E-state index >= 15 is 0 Å². The minimum atomic E-state index is -0.422. The molecule has 0 bridgehead atoms. The lowest BCUT2D eigenvalue weighted by atomic mass is 10.1. The van der Waals surface area contributed by atoms with Crippen molar-refractivity contribution >= 4 is 11.8 Å². The Bertz CT molecular complexity index is 433. The highest BCUT2D eigenvalue weighted by atomic mass is 16.3. The summed E-state index contributed by atoms with van der Waals surface area (Å²) in [5, 5.41) is 23.1. The van der Waals surface area contributed by atoms with Gasteiger partial charge in [0.15, 0.2) is 0 Å². The highest BCUT2D eigenvalue weighted by Gasteiger charge is 2.18. The zero-order valence-electron chi connectivity index (χ0n) is 11.6. The van der Waals surface area contributed by atoms with Crippen molar-refractivity contribution in [1.29, 1.82) is 0 Å². The Hall–Kier alpha value is -1.92. The van der Waals surface area contributed by atoms with Gasteiger partial charge >= 0.3 is 0 Å². The van der Waals surface area contributed by atoms with Gasteiger partial charge in [-0.1, -0.05) is 12.1 Å². The lowest BCUT2D eigenvalue weighted by molar-refractivity contribution is 0.0888. The van der Waals surface area contributed by atoms with Gasteiger partial charge in [-0.3, -0.25) is 9.59 Å². The molecule has 2 unspecified atom stereocenters. The van der Waals surface area contributed by atoms with Crippen molar-refractivity contribution in [2.24, 2.45) is 0 Å². The fraction of sp³-hybridized carbons (Fsp3) is 0.429. The van der Waals surface area contributed by atoms with Crippen molar-refractivity contribution in [2.75, 3.05) is 13.2 Å². The van der Waals surface area contributed by atoms with Gasteiger partial charge in [0, 0.05) is 12.1 Å². The van der Waals surface area contributed by atoms with Gasteiger partial charge in [-0.15, -0.1) is 0 Å². The molecule has 2 amide bonds. The van der Waals surface area contributed by atoms with Gasteiger partial charge in [-0.2, -0.15) is 0 Å². The summed E-state index contributed by atoms with van der Waals surface area (Å²) in [6.07, 6.45) is 0. The fourth-order valence-corrected chi connectivity index (χ4v) is 1.57. The number of benzene rings is 1. The third-order valence-electron chi connectivity index (χ3n) is 2.72. The maximum Gasteiger partial charge on any atom is 0.252 e. The number of carbonyl (C=O) groups excluding carboxylic acids is 2. The summed E-state index contributed by atoms with van der Waals surface area (Å²) < 4.78 is 0. The standard InChI is InChI=1S/C14H20N2O4/c1-9(7-17)15-13(19)11-5-3-4-6-12(11)14(20)16-10(2)8-18/h3-6,9-10,17-18H,7-8H2,1-2H3,(H,15,19)(H,16,20). The van der Waals surface area contributed by atoms with Crippen molar-refractivity contribution in [2.45, 2.75) is 25.9 Å². The molecule has 0 aliphatic carbocycles. The van der Waals surface area contributed by atoms with Crippen LogP contribution in [-0.4, -0.2) is 47.3 Å². The predicted molar refractivity (Wildman–Crippen MR) is 74.5 cm³/mol. The quantitative estimate of drug-likeness (QED) is 0.585. The molecule has 4 N–H and O–H groups in total. The zero-order valence-corrected chi connectivity index (χ0v) is 11.6. The summed E-state index contributed by atoms with van der Waals surface area (Å²) >= 11 is 0. The highest BCUT2D eigenvalue weighted by Crippen LogP contribution is 2.09. The summed E-state index contributed by atoms with van der Waals surface area (Å²) in [5.41, 5.74) is 0.464. The molecule has 110 valence electrons. The molecule has 1 aromatic rings. The third kappa shape index (κ3) is 4.32. The molecule has 0 saturated carbocycles. The summed E-state index contributed by atoms with van der Waals surface area (Å²) in [6, 6.07) is 5.61. The van der Waals surface area contributed by atoms with E-state index in [1.165, 1.54) is 12.1 Å². The predicted octanol–water partition coefficient (Wildman–Crippen LogP) is -0.0922. The number of aliphatic hydroxyl groups excluding tert-OH is 2. The number of amides is 2. The van der Waals surface area contributed by atoms with E-state index in [0.29, 0.717) is 0 Å². The van der Waals surface area contributed by atoms with Crippen LogP contribution in [-0.2, 0) is 0 Å². The molecular formula is C14H20N2O4. The van der Waals surface area contributed by atoms with Crippen LogP contribution in [0.2, 0.25) is 0 Å².